The summed E-state index contributed by atoms with van der Waals surface area (Å²) in [5, 5.41) is 3.81. The monoisotopic (exact) mass is 516 g/mol. The molecule has 0 saturated carbocycles. The Bertz CT molecular complexity index is 1250. The van der Waals surface area contributed by atoms with E-state index in [9.17, 15) is 0 Å². The van der Waals surface area contributed by atoms with Gasteiger partial charge in [0.1, 0.15) is 0 Å². The molecule has 0 bridgehead atoms. The van der Waals surface area contributed by atoms with Crippen LogP contribution in [0, 0.1) is 12.8 Å². The summed E-state index contributed by atoms with van der Waals surface area (Å²) >= 11 is 3.58. The van der Waals surface area contributed by atoms with Gasteiger partial charge in [0, 0.05) is 17.8 Å². The highest BCUT2D eigenvalue weighted by molar-refractivity contribution is 9.10. The molecule has 1 N–H and O–H groups in total. The zero-order valence-electron chi connectivity index (χ0n) is 19.7. The van der Waals surface area contributed by atoms with Gasteiger partial charge in [-0.3, -0.25) is 4.99 Å². The lowest BCUT2D eigenvalue weighted by atomic mass is 9.76. The van der Waals surface area contributed by atoms with E-state index in [1.165, 1.54) is 22.4 Å². The van der Waals surface area contributed by atoms with Crippen molar-refractivity contribution in [2.75, 3.05) is 19.0 Å². The second-order valence-corrected chi connectivity index (χ2v) is 9.74. The van der Waals surface area contributed by atoms with Crippen LogP contribution in [0.15, 0.2) is 76.2 Å². The predicted octanol–water partition coefficient (Wildman–Crippen LogP) is 7.74. The lowest BCUT2D eigenvalue weighted by molar-refractivity contribution is 0.309. The first kappa shape index (κ1) is 22.7. The van der Waals surface area contributed by atoms with Crippen LogP contribution in [0.4, 0.5) is 11.4 Å². The molecule has 34 heavy (non-hydrogen) atoms. The van der Waals surface area contributed by atoms with Crippen LogP contribution < -0.4 is 14.8 Å². The number of benzene rings is 3. The molecule has 174 valence electrons. The fourth-order valence-electron chi connectivity index (χ4n) is 5.06. The van der Waals surface area contributed by atoms with Gasteiger partial charge < -0.3 is 14.8 Å². The van der Waals surface area contributed by atoms with Crippen molar-refractivity contribution < 1.29 is 9.47 Å². The second-order valence-electron chi connectivity index (χ2n) is 8.88. The molecule has 0 unspecified atom stereocenters. The van der Waals surface area contributed by atoms with Crippen LogP contribution in [0.5, 0.6) is 11.5 Å². The number of ether oxygens (including phenoxy) is 2. The fraction of sp³-hybridized carbons (Fsp3) is 0.276. The average Bonchev–Trinajstić information content (AvgIpc) is 3.34. The first-order chi connectivity index (χ1) is 16.6. The largest absolute Gasteiger partial charge is 0.493 e. The van der Waals surface area contributed by atoms with E-state index in [-0.39, 0.29) is 0 Å². The number of anilines is 1. The van der Waals surface area contributed by atoms with Crippen LogP contribution >= 0.6 is 15.9 Å². The minimum atomic E-state index is 0.291. The van der Waals surface area contributed by atoms with Crippen LogP contribution in [0.1, 0.15) is 47.6 Å². The highest BCUT2D eigenvalue weighted by Gasteiger charge is 2.37. The number of fused-ring (bicyclic) bond motifs is 3. The second kappa shape index (κ2) is 9.67. The Hall–Kier alpha value is -3.05. The van der Waals surface area contributed by atoms with Crippen molar-refractivity contribution in [1.29, 1.82) is 0 Å². The molecule has 5 heteroatoms. The summed E-state index contributed by atoms with van der Waals surface area (Å²) in [7, 11) is 1.65. The van der Waals surface area contributed by atoms with E-state index in [2.05, 4.69) is 82.8 Å². The number of hydrogen-bond acceptors (Lipinski definition) is 4. The van der Waals surface area contributed by atoms with Crippen molar-refractivity contribution in [3.8, 4) is 11.5 Å². The standard InChI is InChI=1S/C29H29BrN2O2/c1-4-34-29-25(30)15-19(16-27(29)33-3)17-31-21-11-9-20(10-12-21)28-23-7-5-6-22(23)24-14-18(2)8-13-26(24)32-28/h5-6,8-17,22-23,28,32H,4,7H2,1-3H3/t22-,23-,28+/m1/s1. The summed E-state index contributed by atoms with van der Waals surface area (Å²) in [4.78, 5) is 4.69. The lowest BCUT2D eigenvalue weighted by Crippen LogP contribution is -2.29. The minimum absolute atomic E-state index is 0.291. The van der Waals surface area contributed by atoms with Crippen molar-refractivity contribution in [3.63, 3.8) is 0 Å². The van der Waals surface area contributed by atoms with Gasteiger partial charge in [0.2, 0.25) is 0 Å². The zero-order valence-corrected chi connectivity index (χ0v) is 21.3. The third-order valence-corrected chi connectivity index (χ3v) is 7.26. The fourth-order valence-corrected chi connectivity index (χ4v) is 5.63. The van der Waals surface area contributed by atoms with E-state index < -0.39 is 0 Å². The van der Waals surface area contributed by atoms with Gasteiger partial charge in [-0.05, 0) is 89.1 Å². The maximum Gasteiger partial charge on any atom is 0.175 e. The van der Waals surface area contributed by atoms with Gasteiger partial charge in [-0.25, -0.2) is 0 Å². The number of allylic oxidation sites excluding steroid dienone is 2. The summed E-state index contributed by atoms with van der Waals surface area (Å²) in [6, 6.07) is 19.6. The lowest BCUT2D eigenvalue weighted by Gasteiger charge is -2.37. The molecule has 5 rings (SSSR count). The van der Waals surface area contributed by atoms with Gasteiger partial charge >= 0.3 is 0 Å². The number of nitrogens with one attached hydrogen (secondary N) is 1. The van der Waals surface area contributed by atoms with E-state index in [1.807, 2.05) is 25.3 Å². The van der Waals surface area contributed by atoms with Gasteiger partial charge in [-0.15, -0.1) is 0 Å². The maximum absolute atomic E-state index is 5.68. The molecule has 0 aromatic heterocycles. The molecule has 0 amide bonds. The number of aliphatic imine (C=N–C) groups is 1. The van der Waals surface area contributed by atoms with Crippen molar-refractivity contribution in [3.05, 3.63) is 93.5 Å². The first-order valence-corrected chi connectivity index (χ1v) is 12.5. The number of rotatable bonds is 6. The third kappa shape index (κ3) is 4.37. The van der Waals surface area contributed by atoms with Crippen LogP contribution in [-0.2, 0) is 0 Å². The van der Waals surface area contributed by atoms with E-state index >= 15 is 0 Å². The van der Waals surface area contributed by atoms with Crippen LogP contribution in [-0.4, -0.2) is 19.9 Å². The third-order valence-electron chi connectivity index (χ3n) is 6.67. The Labute approximate surface area is 209 Å². The summed E-state index contributed by atoms with van der Waals surface area (Å²) < 4.78 is 12.0. The summed E-state index contributed by atoms with van der Waals surface area (Å²) in [6.07, 6.45) is 7.68. The molecule has 2 aliphatic rings. The molecule has 3 atom stereocenters. The molecule has 1 aliphatic carbocycles. The Morgan fingerprint density at radius 1 is 1.12 bits per heavy atom. The predicted molar refractivity (Wildman–Crippen MR) is 143 cm³/mol. The van der Waals surface area contributed by atoms with Crippen molar-refractivity contribution >= 4 is 33.5 Å². The van der Waals surface area contributed by atoms with Gasteiger partial charge in [-0.1, -0.05) is 42.0 Å². The average molecular weight is 517 g/mol. The van der Waals surface area contributed by atoms with Crippen molar-refractivity contribution in [2.45, 2.75) is 32.2 Å². The Morgan fingerprint density at radius 2 is 1.94 bits per heavy atom. The number of halogens is 1. The van der Waals surface area contributed by atoms with E-state index in [1.54, 1.807) is 7.11 Å². The molecule has 0 spiro atoms. The van der Waals surface area contributed by atoms with Crippen molar-refractivity contribution in [1.82, 2.24) is 0 Å². The van der Waals surface area contributed by atoms with Crippen LogP contribution in [0.2, 0.25) is 0 Å². The normalized spacial score (nSPS) is 20.6. The Morgan fingerprint density at radius 3 is 2.71 bits per heavy atom. The SMILES string of the molecule is CCOc1c(Br)cc(C=Nc2ccc([C@@H]3Nc4ccc(C)cc4[C@@H]4C=CC[C@H]43)cc2)cc1OC. The van der Waals surface area contributed by atoms with Gasteiger partial charge in [0.05, 0.1) is 29.9 Å². The van der Waals surface area contributed by atoms with E-state index in [0.29, 0.717) is 36.0 Å². The molecular weight excluding hydrogens is 488 g/mol. The van der Waals surface area contributed by atoms with Gasteiger partial charge in [0.15, 0.2) is 11.5 Å². The minimum Gasteiger partial charge on any atom is -0.493 e. The van der Waals surface area contributed by atoms with E-state index in [0.717, 1.165) is 22.1 Å². The van der Waals surface area contributed by atoms with Gasteiger partial charge in [0.25, 0.3) is 0 Å². The highest BCUT2D eigenvalue weighted by Crippen LogP contribution is 2.50. The molecule has 3 aromatic rings. The zero-order chi connectivity index (χ0) is 23.7. The number of methoxy groups -OCH3 is 1. The van der Waals surface area contributed by atoms with Crippen LogP contribution in [0.25, 0.3) is 0 Å². The molecule has 1 aliphatic heterocycles. The van der Waals surface area contributed by atoms with Gasteiger partial charge in [-0.2, -0.15) is 0 Å². The summed E-state index contributed by atoms with van der Waals surface area (Å²) in [6.45, 7) is 4.70. The summed E-state index contributed by atoms with van der Waals surface area (Å²) in [5.74, 6) is 2.42. The number of nitrogens with zero attached hydrogens (tertiary/aromatic N) is 1. The van der Waals surface area contributed by atoms with Crippen molar-refractivity contribution in [2.24, 2.45) is 10.9 Å². The Kier molecular flexibility index (Phi) is 6.46. The Balaban J connectivity index is 1.36. The van der Waals surface area contributed by atoms with E-state index in [4.69, 9.17) is 14.5 Å². The number of hydrogen-bond donors (Lipinski definition) is 1. The molecule has 0 fully saturated rings. The smallest absolute Gasteiger partial charge is 0.175 e. The molecule has 0 radical (unpaired) electrons. The molecule has 0 saturated heterocycles. The quantitative estimate of drug-likeness (QED) is 0.269. The molecular formula is C29H29BrN2O2. The first-order valence-electron chi connectivity index (χ1n) is 11.8. The topological polar surface area (TPSA) is 42.8 Å². The summed E-state index contributed by atoms with van der Waals surface area (Å²) in [5.41, 5.74) is 7.15. The highest BCUT2D eigenvalue weighted by atomic mass is 79.9. The maximum atomic E-state index is 5.68. The molecule has 1 heterocycles. The molecule has 3 aromatic carbocycles. The molecule has 4 nitrogen and oxygen atoms in total. The number of aryl methyl sites for hydroxylation is 1. The van der Waals surface area contributed by atoms with Crippen LogP contribution in [0.3, 0.4) is 0 Å².